The number of nitrogens with zero attached hydrogens (tertiary/aromatic N) is 1. The third-order valence-electron chi connectivity index (χ3n) is 4.03. The summed E-state index contributed by atoms with van der Waals surface area (Å²) >= 11 is 5.99. The molecule has 2 rings (SSSR count). The summed E-state index contributed by atoms with van der Waals surface area (Å²) in [6.07, 6.45) is 0.713. The van der Waals surface area contributed by atoms with Crippen LogP contribution in [-0.2, 0) is 21.3 Å². The molecule has 2 atom stereocenters. The number of halogens is 1. The molecule has 1 aromatic carbocycles. The van der Waals surface area contributed by atoms with Crippen molar-refractivity contribution in [2.24, 2.45) is 11.7 Å². The lowest BCUT2D eigenvalue weighted by Crippen LogP contribution is -2.46. The first-order chi connectivity index (χ1) is 9.90. The number of nitrogens with two attached hydrogens (primary N) is 1. The quantitative estimate of drug-likeness (QED) is 0.913. The average molecular weight is 333 g/mol. The van der Waals surface area contributed by atoms with Gasteiger partial charge in [-0.3, -0.25) is 0 Å². The molecule has 5 nitrogen and oxygen atoms in total. The van der Waals surface area contributed by atoms with E-state index in [0.29, 0.717) is 29.6 Å². The molecular formula is C14H21ClN2O3S. The number of methoxy groups -OCH3 is 1. The maximum Gasteiger partial charge on any atom is 0.243 e. The van der Waals surface area contributed by atoms with E-state index in [4.69, 9.17) is 22.1 Å². The predicted molar refractivity (Wildman–Crippen MR) is 82.7 cm³/mol. The van der Waals surface area contributed by atoms with Crippen LogP contribution in [0.1, 0.15) is 18.9 Å². The SMILES string of the molecule is COC1CN(S(=O)(=O)c2ccc(Cl)c(CN)c2)CCC1C. The molecule has 0 spiro atoms. The lowest BCUT2D eigenvalue weighted by atomic mass is 9.97. The average Bonchev–Trinajstić information content (AvgIpc) is 2.47. The van der Waals surface area contributed by atoms with E-state index >= 15 is 0 Å². The Labute approximate surface area is 131 Å². The highest BCUT2D eigenvalue weighted by atomic mass is 35.5. The molecule has 0 amide bonds. The van der Waals surface area contributed by atoms with Gasteiger partial charge in [0.2, 0.25) is 10.0 Å². The van der Waals surface area contributed by atoms with Gasteiger partial charge in [0, 0.05) is 31.8 Å². The van der Waals surface area contributed by atoms with Crippen molar-refractivity contribution in [3.8, 4) is 0 Å². The Bertz CT molecular complexity index is 606. The van der Waals surface area contributed by atoms with Gasteiger partial charge in [-0.05, 0) is 36.1 Å². The van der Waals surface area contributed by atoms with E-state index in [1.807, 2.05) is 0 Å². The Hall–Kier alpha value is -0.660. The fraction of sp³-hybridized carbons (Fsp3) is 0.571. The molecule has 0 aliphatic carbocycles. The van der Waals surface area contributed by atoms with E-state index < -0.39 is 10.0 Å². The highest BCUT2D eigenvalue weighted by Crippen LogP contribution is 2.27. The van der Waals surface area contributed by atoms with Crippen LogP contribution >= 0.6 is 11.6 Å². The van der Waals surface area contributed by atoms with Crippen LogP contribution < -0.4 is 5.73 Å². The van der Waals surface area contributed by atoms with Gasteiger partial charge < -0.3 is 10.5 Å². The van der Waals surface area contributed by atoms with Crippen LogP contribution in [-0.4, -0.2) is 39.0 Å². The van der Waals surface area contributed by atoms with Gasteiger partial charge in [-0.15, -0.1) is 0 Å². The summed E-state index contributed by atoms with van der Waals surface area (Å²) in [5.74, 6) is 0.353. The number of piperidine rings is 1. The van der Waals surface area contributed by atoms with Crippen molar-refractivity contribution in [2.45, 2.75) is 30.9 Å². The lowest BCUT2D eigenvalue weighted by Gasteiger charge is -2.35. The molecular weight excluding hydrogens is 312 g/mol. The zero-order valence-electron chi connectivity index (χ0n) is 12.3. The molecule has 1 fully saturated rings. The van der Waals surface area contributed by atoms with Gasteiger partial charge in [0.1, 0.15) is 0 Å². The van der Waals surface area contributed by atoms with E-state index in [0.717, 1.165) is 6.42 Å². The standard InChI is InChI=1S/C14H21ClN2O3S/c1-10-5-6-17(9-14(10)20-2)21(18,19)12-3-4-13(15)11(7-12)8-16/h3-4,7,10,14H,5-6,8-9,16H2,1-2H3. The molecule has 21 heavy (non-hydrogen) atoms. The van der Waals surface area contributed by atoms with Crippen molar-refractivity contribution in [2.75, 3.05) is 20.2 Å². The molecule has 1 heterocycles. The van der Waals surface area contributed by atoms with Crippen LogP contribution in [0.2, 0.25) is 5.02 Å². The number of sulfonamides is 1. The van der Waals surface area contributed by atoms with Crippen LogP contribution in [0.3, 0.4) is 0 Å². The molecule has 1 saturated heterocycles. The van der Waals surface area contributed by atoms with Crippen molar-refractivity contribution in [1.82, 2.24) is 4.31 Å². The highest BCUT2D eigenvalue weighted by Gasteiger charge is 2.33. The fourth-order valence-electron chi connectivity index (χ4n) is 2.55. The second-order valence-electron chi connectivity index (χ2n) is 5.36. The number of hydrogen-bond donors (Lipinski definition) is 1. The molecule has 0 radical (unpaired) electrons. The highest BCUT2D eigenvalue weighted by molar-refractivity contribution is 7.89. The number of ether oxygens (including phenoxy) is 1. The fourth-order valence-corrected chi connectivity index (χ4v) is 4.26. The van der Waals surface area contributed by atoms with Crippen molar-refractivity contribution in [3.63, 3.8) is 0 Å². The summed E-state index contributed by atoms with van der Waals surface area (Å²) in [5, 5.41) is 0.485. The normalized spacial score (nSPS) is 24.2. The Morgan fingerprint density at radius 3 is 2.81 bits per heavy atom. The molecule has 2 unspecified atom stereocenters. The zero-order valence-corrected chi connectivity index (χ0v) is 13.8. The molecule has 2 N–H and O–H groups in total. The van der Waals surface area contributed by atoms with Gasteiger partial charge in [-0.2, -0.15) is 4.31 Å². The third-order valence-corrected chi connectivity index (χ3v) is 6.26. The second kappa shape index (κ2) is 6.62. The van der Waals surface area contributed by atoms with Crippen molar-refractivity contribution >= 4 is 21.6 Å². The van der Waals surface area contributed by atoms with Crippen molar-refractivity contribution in [1.29, 1.82) is 0 Å². The summed E-state index contributed by atoms with van der Waals surface area (Å²) < 4.78 is 32.3. The smallest absolute Gasteiger partial charge is 0.243 e. The van der Waals surface area contributed by atoms with Crippen LogP contribution in [0.15, 0.2) is 23.1 Å². The minimum atomic E-state index is -3.54. The Balaban J connectivity index is 2.30. The van der Waals surface area contributed by atoms with E-state index in [1.54, 1.807) is 19.2 Å². The minimum Gasteiger partial charge on any atom is -0.380 e. The summed E-state index contributed by atoms with van der Waals surface area (Å²) in [6.45, 7) is 3.16. The van der Waals surface area contributed by atoms with E-state index in [1.165, 1.54) is 10.4 Å². The van der Waals surface area contributed by atoms with Crippen LogP contribution in [0.25, 0.3) is 0 Å². The van der Waals surface area contributed by atoms with Gasteiger partial charge in [-0.1, -0.05) is 18.5 Å². The van der Waals surface area contributed by atoms with E-state index in [2.05, 4.69) is 6.92 Å². The molecule has 1 aliphatic heterocycles. The van der Waals surface area contributed by atoms with Crippen LogP contribution in [0.4, 0.5) is 0 Å². The van der Waals surface area contributed by atoms with Gasteiger partial charge in [0.15, 0.2) is 0 Å². The van der Waals surface area contributed by atoms with Gasteiger partial charge in [0.05, 0.1) is 11.0 Å². The predicted octanol–water partition coefficient (Wildman–Crippen LogP) is 1.84. The first-order valence-electron chi connectivity index (χ1n) is 6.91. The Kier molecular flexibility index (Phi) is 5.27. The zero-order chi connectivity index (χ0) is 15.6. The minimum absolute atomic E-state index is 0.0743. The van der Waals surface area contributed by atoms with Gasteiger partial charge >= 0.3 is 0 Å². The summed E-state index contributed by atoms with van der Waals surface area (Å²) in [5.41, 5.74) is 6.22. The number of benzene rings is 1. The van der Waals surface area contributed by atoms with Crippen LogP contribution in [0, 0.1) is 5.92 Å². The lowest BCUT2D eigenvalue weighted by molar-refractivity contribution is 0.0184. The molecule has 0 aromatic heterocycles. The van der Waals surface area contributed by atoms with E-state index in [-0.39, 0.29) is 17.5 Å². The van der Waals surface area contributed by atoms with E-state index in [9.17, 15) is 8.42 Å². The molecule has 118 valence electrons. The number of rotatable bonds is 4. The van der Waals surface area contributed by atoms with Crippen molar-refractivity contribution in [3.05, 3.63) is 28.8 Å². The van der Waals surface area contributed by atoms with Gasteiger partial charge in [0.25, 0.3) is 0 Å². The molecule has 1 aromatic rings. The molecule has 7 heteroatoms. The maximum absolute atomic E-state index is 12.7. The van der Waals surface area contributed by atoms with Crippen LogP contribution in [0.5, 0.6) is 0 Å². The molecule has 1 aliphatic rings. The summed E-state index contributed by atoms with van der Waals surface area (Å²) in [4.78, 5) is 0.233. The topological polar surface area (TPSA) is 72.6 Å². The van der Waals surface area contributed by atoms with Crippen molar-refractivity contribution < 1.29 is 13.2 Å². The molecule has 0 saturated carbocycles. The monoisotopic (exact) mass is 332 g/mol. The number of hydrogen-bond acceptors (Lipinski definition) is 4. The maximum atomic E-state index is 12.7. The first-order valence-corrected chi connectivity index (χ1v) is 8.73. The Morgan fingerprint density at radius 2 is 2.19 bits per heavy atom. The summed E-state index contributed by atoms with van der Waals surface area (Å²) in [7, 11) is -1.92. The largest absolute Gasteiger partial charge is 0.380 e. The Morgan fingerprint density at radius 1 is 1.48 bits per heavy atom. The molecule has 0 bridgehead atoms. The third kappa shape index (κ3) is 3.40. The van der Waals surface area contributed by atoms with Gasteiger partial charge in [-0.25, -0.2) is 8.42 Å². The summed E-state index contributed by atoms with van der Waals surface area (Å²) in [6, 6.07) is 4.66. The second-order valence-corrected chi connectivity index (χ2v) is 7.71. The first kappa shape index (κ1) is 16.7.